The van der Waals surface area contributed by atoms with E-state index in [1.165, 1.54) is 0 Å². The molecule has 3 heteroatoms. The van der Waals surface area contributed by atoms with E-state index in [9.17, 15) is 4.79 Å². The van der Waals surface area contributed by atoms with Crippen LogP contribution in [-0.2, 0) is 4.79 Å². The Hall–Kier alpha value is -0.570. The Kier molecular flexibility index (Phi) is 2.49. The zero-order valence-electron chi connectivity index (χ0n) is 7.21. The van der Waals surface area contributed by atoms with E-state index in [0.29, 0.717) is 12.5 Å². The van der Waals surface area contributed by atoms with Gasteiger partial charge in [0.2, 0.25) is 5.91 Å². The Morgan fingerprint density at radius 3 is 2.73 bits per heavy atom. The Balaban J connectivity index is 2.54. The molecule has 2 N–H and O–H groups in total. The predicted molar refractivity (Wildman–Crippen MR) is 44.1 cm³/mol. The Labute approximate surface area is 67.5 Å². The molecule has 0 aromatic rings. The van der Waals surface area contributed by atoms with Crippen LogP contribution >= 0.6 is 0 Å². The Bertz CT molecular complexity index is 156. The average Bonchev–Trinajstić information content (AvgIpc) is 1.94. The molecule has 1 atom stereocenters. The number of nitrogens with zero attached hydrogens (tertiary/aromatic N) is 1. The second-order valence-corrected chi connectivity index (χ2v) is 3.44. The molecule has 0 saturated carbocycles. The first kappa shape index (κ1) is 8.53. The third-order valence-electron chi connectivity index (χ3n) is 2.10. The van der Waals surface area contributed by atoms with E-state index >= 15 is 0 Å². The zero-order chi connectivity index (χ0) is 8.43. The maximum Gasteiger partial charge on any atom is 0.222 e. The van der Waals surface area contributed by atoms with Gasteiger partial charge in [-0.15, -0.1) is 0 Å². The number of hydrogen-bond donors (Lipinski definition) is 1. The summed E-state index contributed by atoms with van der Waals surface area (Å²) >= 11 is 0. The molecule has 0 aromatic heterocycles. The summed E-state index contributed by atoms with van der Waals surface area (Å²) in [4.78, 5) is 13.1. The standard InChI is InChI=1S/C8H16N2O/c1-6(2)10-5-7(9)3-4-8(10)11/h6-7H,3-5,9H2,1-2H3/t7-/m0/s1. The van der Waals surface area contributed by atoms with Gasteiger partial charge in [0, 0.05) is 25.0 Å². The monoisotopic (exact) mass is 156 g/mol. The highest BCUT2D eigenvalue weighted by Crippen LogP contribution is 2.12. The summed E-state index contributed by atoms with van der Waals surface area (Å²) in [5.41, 5.74) is 5.73. The molecule has 1 heterocycles. The smallest absolute Gasteiger partial charge is 0.222 e. The summed E-state index contributed by atoms with van der Waals surface area (Å²) in [7, 11) is 0. The van der Waals surface area contributed by atoms with Crippen LogP contribution in [0.5, 0.6) is 0 Å². The van der Waals surface area contributed by atoms with Gasteiger partial charge in [-0.2, -0.15) is 0 Å². The van der Waals surface area contributed by atoms with E-state index in [1.807, 2.05) is 18.7 Å². The second-order valence-electron chi connectivity index (χ2n) is 3.44. The summed E-state index contributed by atoms with van der Waals surface area (Å²) in [5, 5.41) is 0. The summed E-state index contributed by atoms with van der Waals surface area (Å²) in [6.07, 6.45) is 1.47. The zero-order valence-corrected chi connectivity index (χ0v) is 7.21. The number of rotatable bonds is 1. The molecular formula is C8H16N2O. The lowest BCUT2D eigenvalue weighted by atomic mass is 10.0. The van der Waals surface area contributed by atoms with Crippen molar-refractivity contribution in [3.05, 3.63) is 0 Å². The van der Waals surface area contributed by atoms with Crippen molar-refractivity contribution in [2.24, 2.45) is 5.73 Å². The quantitative estimate of drug-likeness (QED) is 0.595. The Morgan fingerprint density at radius 2 is 2.27 bits per heavy atom. The lowest BCUT2D eigenvalue weighted by molar-refractivity contribution is -0.135. The first-order chi connectivity index (χ1) is 5.11. The van der Waals surface area contributed by atoms with Crippen molar-refractivity contribution < 1.29 is 4.79 Å². The summed E-state index contributed by atoms with van der Waals surface area (Å²) < 4.78 is 0. The minimum absolute atomic E-state index is 0.190. The number of amides is 1. The molecule has 0 bridgehead atoms. The van der Waals surface area contributed by atoms with Gasteiger partial charge in [-0.25, -0.2) is 0 Å². The lowest BCUT2D eigenvalue weighted by Crippen LogP contribution is -2.49. The van der Waals surface area contributed by atoms with E-state index in [1.54, 1.807) is 0 Å². The van der Waals surface area contributed by atoms with Crippen LogP contribution < -0.4 is 5.73 Å². The number of carbonyl (C=O) groups is 1. The van der Waals surface area contributed by atoms with E-state index < -0.39 is 0 Å². The minimum atomic E-state index is 0.190. The molecule has 0 aromatic carbocycles. The molecule has 1 rings (SSSR count). The maximum absolute atomic E-state index is 11.3. The predicted octanol–water partition coefficient (Wildman–Crippen LogP) is 0.344. The van der Waals surface area contributed by atoms with E-state index in [-0.39, 0.29) is 11.9 Å². The highest BCUT2D eigenvalue weighted by molar-refractivity contribution is 5.77. The summed E-state index contributed by atoms with van der Waals surface area (Å²) in [6, 6.07) is 0.490. The fraction of sp³-hybridized carbons (Fsp3) is 0.875. The van der Waals surface area contributed by atoms with Crippen LogP contribution in [0.15, 0.2) is 0 Å². The van der Waals surface area contributed by atoms with Gasteiger partial charge in [-0.05, 0) is 20.3 Å². The number of nitrogens with two attached hydrogens (primary N) is 1. The molecule has 0 aliphatic carbocycles. The molecule has 0 unspecified atom stereocenters. The van der Waals surface area contributed by atoms with Crippen LogP contribution in [0, 0.1) is 0 Å². The molecule has 64 valence electrons. The van der Waals surface area contributed by atoms with Crippen molar-refractivity contribution in [1.29, 1.82) is 0 Å². The van der Waals surface area contributed by atoms with Crippen LogP contribution in [0.25, 0.3) is 0 Å². The maximum atomic E-state index is 11.3. The highest BCUT2D eigenvalue weighted by Gasteiger charge is 2.24. The third kappa shape index (κ3) is 1.93. The van der Waals surface area contributed by atoms with E-state index in [0.717, 1.165) is 13.0 Å². The van der Waals surface area contributed by atoms with Crippen molar-refractivity contribution in [2.45, 2.75) is 38.8 Å². The molecule has 1 amide bonds. The van der Waals surface area contributed by atoms with Crippen LogP contribution in [0.2, 0.25) is 0 Å². The molecule has 1 fully saturated rings. The normalized spacial score (nSPS) is 26.4. The number of carbonyl (C=O) groups excluding carboxylic acids is 1. The van der Waals surface area contributed by atoms with Crippen LogP contribution in [0.1, 0.15) is 26.7 Å². The fourth-order valence-electron chi connectivity index (χ4n) is 1.40. The highest BCUT2D eigenvalue weighted by atomic mass is 16.2. The van der Waals surface area contributed by atoms with Crippen molar-refractivity contribution in [3.8, 4) is 0 Å². The van der Waals surface area contributed by atoms with Crippen molar-refractivity contribution in [2.75, 3.05) is 6.54 Å². The average molecular weight is 156 g/mol. The molecule has 1 aliphatic heterocycles. The molecule has 0 spiro atoms. The molecule has 1 saturated heterocycles. The lowest BCUT2D eigenvalue weighted by Gasteiger charge is -2.33. The van der Waals surface area contributed by atoms with Gasteiger partial charge in [0.05, 0.1) is 0 Å². The van der Waals surface area contributed by atoms with Gasteiger partial charge >= 0.3 is 0 Å². The molecular weight excluding hydrogens is 140 g/mol. The van der Waals surface area contributed by atoms with E-state index in [2.05, 4.69) is 0 Å². The van der Waals surface area contributed by atoms with Gasteiger partial charge in [-0.1, -0.05) is 0 Å². The molecule has 3 nitrogen and oxygen atoms in total. The van der Waals surface area contributed by atoms with Gasteiger partial charge in [0.25, 0.3) is 0 Å². The Morgan fingerprint density at radius 1 is 1.64 bits per heavy atom. The molecule has 1 aliphatic rings. The number of piperidine rings is 1. The SMILES string of the molecule is CC(C)N1C[C@@H](N)CCC1=O. The largest absolute Gasteiger partial charge is 0.339 e. The van der Waals surface area contributed by atoms with Gasteiger partial charge in [0.15, 0.2) is 0 Å². The summed E-state index contributed by atoms with van der Waals surface area (Å²) in [6.45, 7) is 4.78. The van der Waals surface area contributed by atoms with Crippen LogP contribution in [-0.4, -0.2) is 29.4 Å². The van der Waals surface area contributed by atoms with Crippen molar-refractivity contribution in [3.63, 3.8) is 0 Å². The van der Waals surface area contributed by atoms with Gasteiger partial charge in [0.1, 0.15) is 0 Å². The number of hydrogen-bond acceptors (Lipinski definition) is 2. The third-order valence-corrected chi connectivity index (χ3v) is 2.10. The fourth-order valence-corrected chi connectivity index (χ4v) is 1.40. The first-order valence-corrected chi connectivity index (χ1v) is 4.16. The van der Waals surface area contributed by atoms with Gasteiger partial charge < -0.3 is 10.6 Å². The second kappa shape index (κ2) is 3.22. The first-order valence-electron chi connectivity index (χ1n) is 4.16. The van der Waals surface area contributed by atoms with Crippen molar-refractivity contribution >= 4 is 5.91 Å². The van der Waals surface area contributed by atoms with Crippen LogP contribution in [0.3, 0.4) is 0 Å². The number of likely N-dealkylation sites (tertiary alicyclic amines) is 1. The molecule has 11 heavy (non-hydrogen) atoms. The topological polar surface area (TPSA) is 46.3 Å². The van der Waals surface area contributed by atoms with E-state index in [4.69, 9.17) is 5.73 Å². The van der Waals surface area contributed by atoms with Crippen LogP contribution in [0.4, 0.5) is 0 Å². The summed E-state index contributed by atoms with van der Waals surface area (Å²) in [5.74, 6) is 0.252. The minimum Gasteiger partial charge on any atom is -0.339 e. The van der Waals surface area contributed by atoms with Crippen molar-refractivity contribution in [1.82, 2.24) is 4.90 Å². The molecule has 0 radical (unpaired) electrons. The van der Waals surface area contributed by atoms with Gasteiger partial charge in [-0.3, -0.25) is 4.79 Å².